The first-order chi connectivity index (χ1) is 9.85. The second kappa shape index (κ2) is 4.21. The highest BCUT2D eigenvalue weighted by Gasteiger charge is 2.39. The fourth-order valence-electron chi connectivity index (χ4n) is 3.92. The molecule has 1 aliphatic rings. The highest BCUT2D eigenvalue weighted by Crippen LogP contribution is 2.48. The molecule has 0 bridgehead atoms. The summed E-state index contributed by atoms with van der Waals surface area (Å²) in [7, 11) is 0. The lowest BCUT2D eigenvalue weighted by Gasteiger charge is -2.30. The van der Waals surface area contributed by atoms with Gasteiger partial charge in [0.15, 0.2) is 0 Å². The van der Waals surface area contributed by atoms with Crippen molar-refractivity contribution in [3.05, 3.63) is 83.4 Å². The van der Waals surface area contributed by atoms with E-state index in [-0.39, 0.29) is 5.41 Å². The molecule has 0 spiro atoms. The highest BCUT2D eigenvalue weighted by atomic mass is 14.4. The molecule has 3 aromatic carbocycles. The van der Waals surface area contributed by atoms with Crippen molar-refractivity contribution in [2.75, 3.05) is 0 Å². The van der Waals surface area contributed by atoms with Gasteiger partial charge in [0.2, 0.25) is 0 Å². The average molecular weight is 258 g/mol. The van der Waals surface area contributed by atoms with Crippen LogP contribution in [0.25, 0.3) is 10.8 Å². The summed E-state index contributed by atoms with van der Waals surface area (Å²) in [6.07, 6.45) is 2.27. The van der Waals surface area contributed by atoms with Gasteiger partial charge in [-0.3, -0.25) is 0 Å². The Kier molecular flexibility index (Phi) is 2.47. The summed E-state index contributed by atoms with van der Waals surface area (Å²) in [5.74, 6) is 0. The first-order valence-corrected chi connectivity index (χ1v) is 7.42. The Hall–Kier alpha value is -2.08. The molecule has 0 radical (unpaired) electrons. The summed E-state index contributed by atoms with van der Waals surface area (Å²) in [6, 6.07) is 24.5. The van der Waals surface area contributed by atoms with Crippen LogP contribution in [0.5, 0.6) is 0 Å². The SMILES string of the molecule is CCC1(c2ccccc2)Cc2cccc3cccc1c23. The molecule has 0 heteroatoms. The summed E-state index contributed by atoms with van der Waals surface area (Å²) in [4.78, 5) is 0. The van der Waals surface area contributed by atoms with E-state index in [9.17, 15) is 0 Å². The molecule has 20 heavy (non-hydrogen) atoms. The van der Waals surface area contributed by atoms with Gasteiger partial charge in [0.1, 0.15) is 0 Å². The minimum absolute atomic E-state index is 0.157. The van der Waals surface area contributed by atoms with Crippen molar-refractivity contribution in [2.24, 2.45) is 0 Å². The van der Waals surface area contributed by atoms with Crippen molar-refractivity contribution in [2.45, 2.75) is 25.2 Å². The van der Waals surface area contributed by atoms with Gasteiger partial charge in [0.25, 0.3) is 0 Å². The Morgan fingerprint density at radius 2 is 1.60 bits per heavy atom. The van der Waals surface area contributed by atoms with E-state index in [0.717, 1.165) is 12.8 Å². The third-order valence-corrected chi connectivity index (χ3v) is 4.93. The van der Waals surface area contributed by atoms with E-state index in [1.807, 2.05) is 0 Å². The van der Waals surface area contributed by atoms with Gasteiger partial charge in [-0.1, -0.05) is 73.7 Å². The molecule has 0 aromatic heterocycles. The normalized spacial score (nSPS) is 20.4. The van der Waals surface area contributed by atoms with Crippen molar-refractivity contribution < 1.29 is 0 Å². The number of hydrogen-bond donors (Lipinski definition) is 0. The van der Waals surface area contributed by atoms with Crippen molar-refractivity contribution >= 4 is 10.8 Å². The molecule has 98 valence electrons. The molecule has 4 rings (SSSR count). The maximum Gasteiger partial charge on any atom is 0.0247 e. The maximum absolute atomic E-state index is 2.33. The fourth-order valence-corrected chi connectivity index (χ4v) is 3.92. The van der Waals surface area contributed by atoms with Gasteiger partial charge in [0.05, 0.1) is 0 Å². The molecule has 0 N–H and O–H groups in total. The Balaban J connectivity index is 2.05. The molecular weight excluding hydrogens is 240 g/mol. The van der Waals surface area contributed by atoms with Gasteiger partial charge in [-0.05, 0) is 40.3 Å². The van der Waals surface area contributed by atoms with Gasteiger partial charge in [-0.25, -0.2) is 0 Å². The lowest BCUT2D eigenvalue weighted by molar-refractivity contribution is 0.512. The standard InChI is InChI=1S/C20H18/c1-2-20(17-11-4-3-5-12-17)14-16-10-6-8-15-9-7-13-18(20)19(15)16/h3-13H,2,14H2,1H3. The van der Waals surface area contributed by atoms with Crippen LogP contribution in [0.2, 0.25) is 0 Å². The largest absolute Gasteiger partial charge is 0.0642 e. The van der Waals surface area contributed by atoms with Gasteiger partial charge in [-0.15, -0.1) is 0 Å². The maximum atomic E-state index is 2.33. The van der Waals surface area contributed by atoms with Gasteiger partial charge in [-0.2, -0.15) is 0 Å². The van der Waals surface area contributed by atoms with Crippen molar-refractivity contribution in [3.63, 3.8) is 0 Å². The van der Waals surface area contributed by atoms with Gasteiger partial charge in [0, 0.05) is 5.41 Å². The third kappa shape index (κ3) is 1.42. The van der Waals surface area contributed by atoms with E-state index in [1.165, 1.54) is 27.5 Å². The van der Waals surface area contributed by atoms with Crippen molar-refractivity contribution in [1.82, 2.24) is 0 Å². The fraction of sp³-hybridized carbons (Fsp3) is 0.200. The first-order valence-electron chi connectivity index (χ1n) is 7.42. The summed E-state index contributed by atoms with van der Waals surface area (Å²) < 4.78 is 0. The minimum Gasteiger partial charge on any atom is -0.0642 e. The van der Waals surface area contributed by atoms with Gasteiger partial charge < -0.3 is 0 Å². The van der Waals surface area contributed by atoms with E-state index in [0.29, 0.717) is 0 Å². The zero-order valence-corrected chi connectivity index (χ0v) is 11.8. The quantitative estimate of drug-likeness (QED) is 0.600. The molecule has 0 aliphatic heterocycles. The molecule has 0 amide bonds. The zero-order valence-electron chi connectivity index (χ0n) is 11.8. The van der Waals surface area contributed by atoms with Crippen LogP contribution in [-0.4, -0.2) is 0 Å². The lowest BCUT2D eigenvalue weighted by Crippen LogP contribution is -2.25. The first kappa shape index (κ1) is 11.7. The molecular formula is C20H18. The van der Waals surface area contributed by atoms with Crippen LogP contribution in [0.1, 0.15) is 30.0 Å². The zero-order chi connectivity index (χ0) is 13.6. The molecule has 1 aliphatic carbocycles. The van der Waals surface area contributed by atoms with E-state index in [2.05, 4.69) is 73.7 Å². The Labute approximate surface area is 120 Å². The molecule has 0 nitrogen and oxygen atoms in total. The molecule has 0 fully saturated rings. The van der Waals surface area contributed by atoms with Crippen LogP contribution < -0.4 is 0 Å². The highest BCUT2D eigenvalue weighted by molar-refractivity contribution is 5.93. The van der Waals surface area contributed by atoms with E-state index >= 15 is 0 Å². The summed E-state index contributed by atoms with van der Waals surface area (Å²) in [5, 5.41) is 2.87. The van der Waals surface area contributed by atoms with Crippen LogP contribution in [0.15, 0.2) is 66.7 Å². The van der Waals surface area contributed by atoms with E-state index in [1.54, 1.807) is 0 Å². The molecule has 1 unspecified atom stereocenters. The van der Waals surface area contributed by atoms with E-state index in [4.69, 9.17) is 0 Å². The van der Waals surface area contributed by atoms with Crippen molar-refractivity contribution in [1.29, 1.82) is 0 Å². The van der Waals surface area contributed by atoms with Crippen molar-refractivity contribution in [3.8, 4) is 0 Å². The molecule has 3 aromatic rings. The molecule has 0 heterocycles. The Morgan fingerprint density at radius 1 is 0.850 bits per heavy atom. The predicted octanol–water partition coefficient (Wildman–Crippen LogP) is 5.09. The Morgan fingerprint density at radius 3 is 2.35 bits per heavy atom. The second-order valence-corrected chi connectivity index (χ2v) is 5.80. The minimum atomic E-state index is 0.157. The predicted molar refractivity (Wildman–Crippen MR) is 85.2 cm³/mol. The third-order valence-electron chi connectivity index (χ3n) is 4.93. The lowest BCUT2D eigenvalue weighted by atomic mass is 9.73. The van der Waals surface area contributed by atoms with E-state index < -0.39 is 0 Å². The Bertz CT molecular complexity index is 765. The second-order valence-electron chi connectivity index (χ2n) is 5.80. The monoisotopic (exact) mass is 258 g/mol. The van der Waals surface area contributed by atoms with Crippen LogP contribution in [0.4, 0.5) is 0 Å². The summed E-state index contributed by atoms with van der Waals surface area (Å²) in [5.41, 5.74) is 4.62. The molecule has 0 saturated heterocycles. The molecule has 0 saturated carbocycles. The number of benzene rings is 3. The molecule has 1 atom stereocenters. The van der Waals surface area contributed by atoms with Crippen LogP contribution >= 0.6 is 0 Å². The topological polar surface area (TPSA) is 0 Å². The van der Waals surface area contributed by atoms with Crippen LogP contribution in [-0.2, 0) is 11.8 Å². The van der Waals surface area contributed by atoms with Gasteiger partial charge >= 0.3 is 0 Å². The number of rotatable bonds is 2. The number of hydrogen-bond acceptors (Lipinski definition) is 0. The van der Waals surface area contributed by atoms with Crippen LogP contribution in [0.3, 0.4) is 0 Å². The summed E-state index contributed by atoms with van der Waals surface area (Å²) in [6.45, 7) is 2.32. The smallest absolute Gasteiger partial charge is 0.0247 e. The van der Waals surface area contributed by atoms with Crippen LogP contribution in [0, 0.1) is 0 Å². The summed E-state index contributed by atoms with van der Waals surface area (Å²) >= 11 is 0. The average Bonchev–Trinajstić information content (AvgIpc) is 2.86.